The van der Waals surface area contributed by atoms with E-state index < -0.39 is 0 Å². The second-order valence-corrected chi connectivity index (χ2v) is 6.09. The molecule has 0 bridgehead atoms. The second kappa shape index (κ2) is 5.96. The van der Waals surface area contributed by atoms with Gasteiger partial charge in [-0.3, -0.25) is 9.79 Å². The van der Waals surface area contributed by atoms with Crippen LogP contribution in [0, 0.1) is 0 Å². The lowest BCUT2D eigenvalue weighted by atomic mass is 9.82. The molecule has 1 aliphatic carbocycles. The minimum atomic E-state index is 0.140. The van der Waals surface area contributed by atoms with E-state index in [0.29, 0.717) is 12.0 Å². The summed E-state index contributed by atoms with van der Waals surface area (Å²) in [5.41, 5.74) is 4.63. The van der Waals surface area contributed by atoms with Crippen molar-refractivity contribution in [3.8, 4) is 5.75 Å². The van der Waals surface area contributed by atoms with E-state index in [1.165, 1.54) is 0 Å². The first-order chi connectivity index (χ1) is 11.7. The van der Waals surface area contributed by atoms with Crippen molar-refractivity contribution in [1.82, 2.24) is 0 Å². The van der Waals surface area contributed by atoms with Gasteiger partial charge >= 0.3 is 0 Å². The highest BCUT2D eigenvalue weighted by Gasteiger charge is 2.29. The van der Waals surface area contributed by atoms with E-state index >= 15 is 0 Å². The number of ether oxygens (including phenoxy) is 1. The number of rotatable bonds is 2. The molecule has 0 saturated carbocycles. The largest absolute Gasteiger partial charge is 0.497 e. The Labute approximate surface area is 140 Å². The molecule has 0 unspecified atom stereocenters. The fraction of sp³-hybridized carbons (Fsp3) is 0.200. The van der Waals surface area contributed by atoms with E-state index in [0.717, 1.165) is 34.8 Å². The van der Waals surface area contributed by atoms with Gasteiger partial charge in [0, 0.05) is 18.3 Å². The minimum Gasteiger partial charge on any atom is -0.497 e. The highest BCUT2D eigenvalue weighted by Crippen LogP contribution is 2.38. The normalized spacial score (nSPS) is 19.2. The Balaban J connectivity index is 1.65. The molecule has 0 spiro atoms. The number of Topliss-reactive ketones (excluding diaryl/α,β-unsaturated/α-hetero) is 1. The van der Waals surface area contributed by atoms with Crippen LogP contribution in [0.5, 0.6) is 5.75 Å². The summed E-state index contributed by atoms with van der Waals surface area (Å²) in [7, 11) is 1.66. The summed E-state index contributed by atoms with van der Waals surface area (Å²) in [5.74, 6) is 1.14. The number of hydrogen-bond acceptors (Lipinski definition) is 4. The Morgan fingerprint density at radius 3 is 2.67 bits per heavy atom. The number of ketones is 1. The van der Waals surface area contributed by atoms with Crippen LogP contribution in [0.15, 0.2) is 64.8 Å². The monoisotopic (exact) mass is 318 g/mol. The summed E-state index contributed by atoms with van der Waals surface area (Å²) >= 11 is 0. The maximum atomic E-state index is 12.6. The number of benzene rings is 2. The van der Waals surface area contributed by atoms with Gasteiger partial charge in [-0.1, -0.05) is 24.3 Å². The van der Waals surface area contributed by atoms with Gasteiger partial charge in [-0.2, -0.15) is 0 Å². The maximum Gasteiger partial charge on any atom is 0.166 e. The van der Waals surface area contributed by atoms with Crippen LogP contribution in [0.25, 0.3) is 0 Å². The molecule has 4 heteroatoms. The number of carbonyl (C=O) groups excluding carboxylic acids is 1. The lowest BCUT2D eigenvalue weighted by molar-refractivity contribution is -0.115. The average molecular weight is 318 g/mol. The summed E-state index contributed by atoms with van der Waals surface area (Å²) in [6, 6.07) is 15.8. The van der Waals surface area contributed by atoms with E-state index in [-0.39, 0.29) is 11.7 Å². The van der Waals surface area contributed by atoms with Crippen molar-refractivity contribution in [3.63, 3.8) is 0 Å². The van der Waals surface area contributed by atoms with Crippen molar-refractivity contribution in [2.24, 2.45) is 4.99 Å². The molecule has 2 aliphatic rings. The molecule has 0 saturated heterocycles. The number of para-hydroxylation sites is 2. The lowest BCUT2D eigenvalue weighted by Crippen LogP contribution is -2.22. The zero-order valence-corrected chi connectivity index (χ0v) is 13.5. The third kappa shape index (κ3) is 2.60. The number of aliphatic imine (C=N–C) groups is 1. The Bertz CT molecular complexity index is 850. The molecule has 4 rings (SSSR count). The van der Waals surface area contributed by atoms with Crippen LogP contribution < -0.4 is 10.1 Å². The van der Waals surface area contributed by atoms with Crippen LogP contribution in [-0.4, -0.2) is 19.1 Å². The molecule has 0 radical (unpaired) electrons. The smallest absolute Gasteiger partial charge is 0.166 e. The van der Waals surface area contributed by atoms with E-state index in [1.54, 1.807) is 13.3 Å². The van der Waals surface area contributed by atoms with E-state index in [9.17, 15) is 4.79 Å². The van der Waals surface area contributed by atoms with Crippen LogP contribution in [0.3, 0.4) is 0 Å². The van der Waals surface area contributed by atoms with Crippen molar-refractivity contribution in [3.05, 3.63) is 65.4 Å². The van der Waals surface area contributed by atoms with Gasteiger partial charge in [-0.05, 0) is 42.2 Å². The standard InChI is InChI=1S/C20H18N2O2/c1-24-15-8-6-13(7-9-15)14-10-19-16(20(23)11-14)12-21-17-4-2-3-5-18(17)22-19/h2-9,12,14,22H,10-11H2,1H3/t14-/m0/s1. The predicted octanol–water partition coefficient (Wildman–Crippen LogP) is 4.22. The SMILES string of the molecule is COc1ccc([C@@H]2CC(=O)C3=C(C2)Nc2ccccc2N=C3)cc1. The van der Waals surface area contributed by atoms with Crippen molar-refractivity contribution in [1.29, 1.82) is 0 Å². The topological polar surface area (TPSA) is 50.7 Å². The van der Waals surface area contributed by atoms with Crippen molar-refractivity contribution in [2.75, 3.05) is 12.4 Å². The number of hydrogen-bond donors (Lipinski definition) is 1. The Morgan fingerprint density at radius 1 is 1.08 bits per heavy atom. The van der Waals surface area contributed by atoms with Crippen LogP contribution >= 0.6 is 0 Å². The first-order valence-electron chi connectivity index (χ1n) is 8.05. The highest BCUT2D eigenvalue weighted by molar-refractivity contribution is 6.16. The first-order valence-corrected chi connectivity index (χ1v) is 8.05. The van der Waals surface area contributed by atoms with Gasteiger partial charge in [-0.15, -0.1) is 0 Å². The molecule has 1 atom stereocenters. The Morgan fingerprint density at radius 2 is 1.88 bits per heavy atom. The van der Waals surface area contributed by atoms with Crippen molar-refractivity contribution in [2.45, 2.75) is 18.8 Å². The molecule has 120 valence electrons. The molecular formula is C20H18N2O2. The van der Waals surface area contributed by atoms with E-state index in [1.807, 2.05) is 48.5 Å². The van der Waals surface area contributed by atoms with Gasteiger partial charge in [0.15, 0.2) is 5.78 Å². The molecule has 2 aromatic carbocycles. The minimum absolute atomic E-state index is 0.140. The quantitative estimate of drug-likeness (QED) is 0.902. The fourth-order valence-corrected chi connectivity index (χ4v) is 3.30. The van der Waals surface area contributed by atoms with Crippen LogP contribution in [0.2, 0.25) is 0 Å². The van der Waals surface area contributed by atoms with Crippen LogP contribution in [0.1, 0.15) is 24.3 Å². The predicted molar refractivity (Wildman–Crippen MR) is 95.2 cm³/mol. The summed E-state index contributed by atoms with van der Waals surface area (Å²) in [5, 5.41) is 3.42. The molecule has 1 aliphatic heterocycles. The van der Waals surface area contributed by atoms with Gasteiger partial charge in [-0.25, -0.2) is 0 Å². The van der Waals surface area contributed by atoms with Gasteiger partial charge in [0.2, 0.25) is 0 Å². The number of anilines is 1. The molecule has 4 nitrogen and oxygen atoms in total. The molecule has 0 amide bonds. The summed E-state index contributed by atoms with van der Waals surface area (Å²) in [6.45, 7) is 0. The van der Waals surface area contributed by atoms with Crippen molar-refractivity contribution < 1.29 is 9.53 Å². The van der Waals surface area contributed by atoms with Gasteiger partial charge in [0.25, 0.3) is 0 Å². The average Bonchev–Trinajstić information content (AvgIpc) is 2.81. The maximum absolute atomic E-state index is 12.6. The number of methoxy groups -OCH3 is 1. The van der Waals surface area contributed by atoms with E-state index in [2.05, 4.69) is 10.3 Å². The summed E-state index contributed by atoms with van der Waals surface area (Å²) in [6.07, 6.45) is 3.02. The Hall–Kier alpha value is -2.88. The lowest BCUT2D eigenvalue weighted by Gasteiger charge is -2.25. The molecule has 1 heterocycles. The van der Waals surface area contributed by atoms with E-state index in [4.69, 9.17) is 4.74 Å². The molecule has 0 fully saturated rings. The Kier molecular flexibility index (Phi) is 3.65. The van der Waals surface area contributed by atoms with Crippen LogP contribution in [0.4, 0.5) is 11.4 Å². The van der Waals surface area contributed by atoms with Crippen molar-refractivity contribution >= 4 is 23.4 Å². The first kappa shape index (κ1) is 14.7. The third-order valence-electron chi connectivity index (χ3n) is 4.62. The fourth-order valence-electron chi connectivity index (χ4n) is 3.30. The number of nitrogens with one attached hydrogen (secondary N) is 1. The van der Waals surface area contributed by atoms with Gasteiger partial charge in [0.1, 0.15) is 5.75 Å². The zero-order chi connectivity index (χ0) is 16.5. The molecule has 24 heavy (non-hydrogen) atoms. The highest BCUT2D eigenvalue weighted by atomic mass is 16.5. The number of fused-ring (bicyclic) bond motifs is 1. The third-order valence-corrected chi connectivity index (χ3v) is 4.62. The molecular weight excluding hydrogens is 300 g/mol. The summed E-state index contributed by atoms with van der Waals surface area (Å²) < 4.78 is 5.21. The summed E-state index contributed by atoms with van der Waals surface area (Å²) in [4.78, 5) is 17.1. The number of nitrogens with zero attached hydrogens (tertiary/aromatic N) is 1. The molecule has 1 N–H and O–H groups in total. The molecule has 0 aromatic heterocycles. The number of allylic oxidation sites excluding steroid dienone is 2. The number of carbonyl (C=O) groups is 1. The second-order valence-electron chi connectivity index (χ2n) is 6.09. The molecule has 2 aromatic rings. The van der Waals surface area contributed by atoms with Gasteiger partial charge in [0.05, 0.1) is 24.1 Å². The van der Waals surface area contributed by atoms with Gasteiger partial charge < -0.3 is 10.1 Å². The van der Waals surface area contributed by atoms with Crippen LogP contribution in [-0.2, 0) is 4.79 Å². The zero-order valence-electron chi connectivity index (χ0n) is 13.5.